The van der Waals surface area contributed by atoms with Gasteiger partial charge in [-0.05, 0) is 54.8 Å². The molecule has 2 rings (SSSR count). The molecule has 116 valence electrons. The highest BCUT2D eigenvalue weighted by Gasteiger charge is 2.10. The second kappa shape index (κ2) is 7.29. The van der Waals surface area contributed by atoms with Crippen LogP contribution in [-0.2, 0) is 0 Å². The van der Waals surface area contributed by atoms with Crippen LogP contribution < -0.4 is 10.6 Å². The van der Waals surface area contributed by atoms with Gasteiger partial charge in [0.1, 0.15) is 0 Å². The van der Waals surface area contributed by atoms with Crippen molar-refractivity contribution in [2.24, 2.45) is 0 Å². The third-order valence-electron chi connectivity index (χ3n) is 3.45. The monoisotopic (exact) mass is 318 g/mol. The molecular formula is C17H19ClN2O2. The SMILES string of the molecule is Cc1ccc(NC(=O)NC[C@@H](O)c2cccc(Cl)c2)cc1C. The number of nitrogens with one attached hydrogen (secondary N) is 2. The summed E-state index contributed by atoms with van der Waals surface area (Å²) in [5.41, 5.74) is 3.66. The molecule has 2 aromatic carbocycles. The zero-order valence-electron chi connectivity index (χ0n) is 12.6. The van der Waals surface area contributed by atoms with Crippen LogP contribution in [0, 0.1) is 13.8 Å². The van der Waals surface area contributed by atoms with Crippen molar-refractivity contribution in [1.82, 2.24) is 5.32 Å². The summed E-state index contributed by atoms with van der Waals surface area (Å²) in [5.74, 6) is 0. The summed E-state index contributed by atoms with van der Waals surface area (Å²) in [6, 6.07) is 12.3. The minimum absolute atomic E-state index is 0.108. The maximum Gasteiger partial charge on any atom is 0.319 e. The normalized spacial score (nSPS) is 11.8. The van der Waals surface area contributed by atoms with E-state index in [0.29, 0.717) is 10.6 Å². The summed E-state index contributed by atoms with van der Waals surface area (Å²) in [5, 5.41) is 16.0. The molecule has 0 aliphatic heterocycles. The van der Waals surface area contributed by atoms with Crippen LogP contribution in [0.25, 0.3) is 0 Å². The topological polar surface area (TPSA) is 61.4 Å². The quantitative estimate of drug-likeness (QED) is 0.802. The number of rotatable bonds is 4. The van der Waals surface area contributed by atoms with Crippen molar-refractivity contribution >= 4 is 23.3 Å². The Morgan fingerprint density at radius 2 is 1.95 bits per heavy atom. The summed E-state index contributed by atoms with van der Waals surface area (Å²) >= 11 is 5.88. The van der Waals surface area contributed by atoms with E-state index in [-0.39, 0.29) is 12.6 Å². The molecule has 2 aromatic rings. The van der Waals surface area contributed by atoms with E-state index in [4.69, 9.17) is 11.6 Å². The van der Waals surface area contributed by atoms with E-state index in [2.05, 4.69) is 10.6 Å². The van der Waals surface area contributed by atoms with Crippen LogP contribution in [-0.4, -0.2) is 17.7 Å². The van der Waals surface area contributed by atoms with Crippen molar-refractivity contribution < 1.29 is 9.90 Å². The molecule has 0 saturated carbocycles. The van der Waals surface area contributed by atoms with Gasteiger partial charge in [-0.15, -0.1) is 0 Å². The molecular weight excluding hydrogens is 300 g/mol. The minimum Gasteiger partial charge on any atom is -0.387 e. The van der Waals surface area contributed by atoms with Crippen molar-refractivity contribution in [1.29, 1.82) is 0 Å². The van der Waals surface area contributed by atoms with Gasteiger partial charge >= 0.3 is 6.03 Å². The van der Waals surface area contributed by atoms with Crippen LogP contribution in [0.2, 0.25) is 5.02 Å². The zero-order valence-corrected chi connectivity index (χ0v) is 13.3. The molecule has 0 radical (unpaired) electrons. The van der Waals surface area contributed by atoms with Crippen molar-refractivity contribution in [2.75, 3.05) is 11.9 Å². The molecule has 0 spiro atoms. The Labute approximate surface area is 135 Å². The number of hydrogen-bond acceptors (Lipinski definition) is 2. The predicted molar refractivity (Wildman–Crippen MR) is 89.3 cm³/mol. The highest BCUT2D eigenvalue weighted by Crippen LogP contribution is 2.17. The lowest BCUT2D eigenvalue weighted by Gasteiger charge is -2.13. The number of aliphatic hydroxyl groups excluding tert-OH is 1. The van der Waals surface area contributed by atoms with Gasteiger partial charge < -0.3 is 15.7 Å². The van der Waals surface area contributed by atoms with Crippen molar-refractivity contribution in [2.45, 2.75) is 20.0 Å². The van der Waals surface area contributed by atoms with Gasteiger partial charge in [0.25, 0.3) is 0 Å². The number of amides is 2. The van der Waals surface area contributed by atoms with Crippen LogP contribution in [0.15, 0.2) is 42.5 Å². The van der Waals surface area contributed by atoms with Gasteiger partial charge in [-0.2, -0.15) is 0 Å². The summed E-state index contributed by atoms with van der Waals surface area (Å²) in [7, 11) is 0. The van der Waals surface area contributed by atoms with Gasteiger partial charge in [0.15, 0.2) is 0 Å². The van der Waals surface area contributed by atoms with Crippen LogP contribution in [0.5, 0.6) is 0 Å². The third-order valence-corrected chi connectivity index (χ3v) is 3.69. The second-order valence-electron chi connectivity index (χ2n) is 5.20. The van der Waals surface area contributed by atoms with E-state index >= 15 is 0 Å². The van der Waals surface area contributed by atoms with Crippen LogP contribution in [0.1, 0.15) is 22.8 Å². The Bertz CT molecular complexity index is 673. The molecule has 3 N–H and O–H groups in total. The lowest BCUT2D eigenvalue weighted by atomic mass is 10.1. The van der Waals surface area contributed by atoms with Gasteiger partial charge in [-0.25, -0.2) is 4.79 Å². The van der Waals surface area contributed by atoms with Crippen LogP contribution in [0.4, 0.5) is 10.5 Å². The molecule has 2 amide bonds. The minimum atomic E-state index is -0.802. The molecule has 4 nitrogen and oxygen atoms in total. The first kappa shape index (κ1) is 16.3. The van der Waals surface area contributed by atoms with E-state index in [0.717, 1.165) is 11.3 Å². The van der Waals surface area contributed by atoms with E-state index in [1.807, 2.05) is 32.0 Å². The van der Waals surface area contributed by atoms with Gasteiger partial charge in [0.2, 0.25) is 0 Å². The Morgan fingerprint density at radius 1 is 1.18 bits per heavy atom. The van der Waals surface area contributed by atoms with E-state index < -0.39 is 6.10 Å². The summed E-state index contributed by atoms with van der Waals surface area (Å²) in [4.78, 5) is 11.9. The first-order valence-corrected chi connectivity index (χ1v) is 7.39. The van der Waals surface area contributed by atoms with Crippen molar-refractivity contribution in [3.8, 4) is 0 Å². The molecule has 5 heteroatoms. The zero-order chi connectivity index (χ0) is 16.1. The summed E-state index contributed by atoms with van der Waals surface area (Å²) in [6.07, 6.45) is -0.802. The number of hydrogen-bond donors (Lipinski definition) is 3. The number of carbonyl (C=O) groups excluding carboxylic acids is 1. The Balaban J connectivity index is 1.88. The van der Waals surface area contributed by atoms with Crippen molar-refractivity contribution in [3.63, 3.8) is 0 Å². The number of halogens is 1. The molecule has 0 bridgehead atoms. The van der Waals surface area contributed by atoms with E-state index in [1.54, 1.807) is 24.3 Å². The summed E-state index contributed by atoms with van der Waals surface area (Å²) < 4.78 is 0. The first-order valence-electron chi connectivity index (χ1n) is 7.01. The molecule has 1 atom stereocenters. The molecule has 0 aliphatic carbocycles. The molecule has 0 aromatic heterocycles. The van der Waals surface area contributed by atoms with E-state index in [9.17, 15) is 9.90 Å². The second-order valence-corrected chi connectivity index (χ2v) is 5.64. The maximum atomic E-state index is 11.9. The van der Waals surface area contributed by atoms with Crippen LogP contribution >= 0.6 is 11.6 Å². The fraction of sp³-hybridized carbons (Fsp3) is 0.235. The highest BCUT2D eigenvalue weighted by molar-refractivity contribution is 6.30. The van der Waals surface area contributed by atoms with E-state index in [1.165, 1.54) is 5.56 Å². The lowest BCUT2D eigenvalue weighted by Crippen LogP contribution is -2.32. The average molecular weight is 319 g/mol. The predicted octanol–water partition coefficient (Wildman–Crippen LogP) is 3.81. The Kier molecular flexibility index (Phi) is 5.41. The Morgan fingerprint density at radius 3 is 2.64 bits per heavy atom. The van der Waals surface area contributed by atoms with Crippen molar-refractivity contribution in [3.05, 3.63) is 64.2 Å². The molecule has 22 heavy (non-hydrogen) atoms. The smallest absolute Gasteiger partial charge is 0.319 e. The number of carbonyl (C=O) groups is 1. The average Bonchev–Trinajstić information content (AvgIpc) is 2.48. The maximum absolute atomic E-state index is 11.9. The molecule has 0 fully saturated rings. The highest BCUT2D eigenvalue weighted by atomic mass is 35.5. The Hall–Kier alpha value is -2.04. The van der Waals surface area contributed by atoms with Gasteiger partial charge in [-0.3, -0.25) is 0 Å². The molecule has 0 heterocycles. The first-order chi connectivity index (χ1) is 10.5. The fourth-order valence-corrected chi connectivity index (χ4v) is 2.21. The number of urea groups is 1. The summed E-state index contributed by atoms with van der Waals surface area (Å²) in [6.45, 7) is 4.11. The van der Waals surface area contributed by atoms with Gasteiger partial charge in [0.05, 0.1) is 6.10 Å². The number of benzene rings is 2. The number of aryl methyl sites for hydroxylation is 2. The third kappa shape index (κ3) is 4.48. The van der Waals surface area contributed by atoms with Crippen LogP contribution in [0.3, 0.4) is 0 Å². The molecule has 0 unspecified atom stereocenters. The number of anilines is 1. The largest absolute Gasteiger partial charge is 0.387 e. The lowest BCUT2D eigenvalue weighted by molar-refractivity contribution is 0.175. The number of aliphatic hydroxyl groups is 1. The molecule has 0 saturated heterocycles. The molecule has 0 aliphatic rings. The van der Waals surface area contributed by atoms with Gasteiger partial charge in [0, 0.05) is 17.3 Å². The fourth-order valence-electron chi connectivity index (χ4n) is 2.02. The van der Waals surface area contributed by atoms with Gasteiger partial charge in [-0.1, -0.05) is 29.8 Å². The standard InChI is InChI=1S/C17H19ClN2O2/c1-11-6-7-15(8-12(11)2)20-17(22)19-10-16(21)13-4-3-5-14(18)9-13/h3-9,16,21H,10H2,1-2H3,(H2,19,20,22)/t16-/m1/s1.